The lowest BCUT2D eigenvalue weighted by molar-refractivity contribution is -0.882. The van der Waals surface area contributed by atoms with Crippen LogP contribution in [0.5, 0.6) is 0 Å². The third kappa shape index (κ3) is 7.69. The van der Waals surface area contributed by atoms with Crippen molar-refractivity contribution in [3.63, 3.8) is 0 Å². The molecule has 9 nitrogen and oxygen atoms in total. The number of alkyl halides is 3. The van der Waals surface area contributed by atoms with Crippen molar-refractivity contribution in [2.45, 2.75) is 49.5 Å². The Labute approximate surface area is 294 Å². The number of hydrogen-bond donors (Lipinski definition) is 5. The Morgan fingerprint density at radius 1 is 1.02 bits per heavy atom. The summed E-state index contributed by atoms with van der Waals surface area (Å²) in [4.78, 5) is 33.2. The molecule has 0 spiro atoms. The lowest BCUT2D eigenvalue weighted by Gasteiger charge is -2.49. The van der Waals surface area contributed by atoms with E-state index in [-0.39, 0.29) is 22.5 Å². The first-order valence-corrected chi connectivity index (χ1v) is 16.7. The molecular formula is C36H35ClF5N6O3+. The smallest absolute Gasteiger partial charge is 0.417 e. The number of carbonyl (C=O) groups is 2. The first-order chi connectivity index (χ1) is 24.2. The van der Waals surface area contributed by atoms with E-state index in [1.54, 1.807) is 42.6 Å². The van der Waals surface area contributed by atoms with Crippen molar-refractivity contribution < 1.29 is 41.1 Å². The number of H-pyrrole nitrogens is 1. The van der Waals surface area contributed by atoms with Gasteiger partial charge in [0.2, 0.25) is 0 Å². The highest BCUT2D eigenvalue weighted by Gasteiger charge is 2.49. The van der Waals surface area contributed by atoms with Gasteiger partial charge in [-0.15, -0.1) is 0 Å². The Morgan fingerprint density at radius 3 is 2.35 bits per heavy atom. The summed E-state index contributed by atoms with van der Waals surface area (Å²) in [6, 6.07) is 13.4. The summed E-state index contributed by atoms with van der Waals surface area (Å²) >= 11 is 5.83. The van der Waals surface area contributed by atoms with Crippen LogP contribution in [0.3, 0.4) is 0 Å². The van der Waals surface area contributed by atoms with Crippen LogP contribution in [0.4, 0.5) is 32.4 Å². The van der Waals surface area contributed by atoms with Gasteiger partial charge in [-0.05, 0) is 53.6 Å². The SMILES string of the molecule is NC1CC[N+](C(=O)/C=C/c2c(C(F)(F)F)ccc(Cl)c2F)(C2CNC(c3ncc(-c4ccc(NC(=O)O)cc4)[nH]3)C(c3ccc(F)cc3)C2)CC1. The van der Waals surface area contributed by atoms with E-state index in [2.05, 4.69) is 20.6 Å². The van der Waals surface area contributed by atoms with Crippen LogP contribution in [0, 0.1) is 11.6 Å². The molecule has 1 aromatic heterocycles. The average molecular weight is 730 g/mol. The maximum absolute atomic E-state index is 14.9. The van der Waals surface area contributed by atoms with Crippen LogP contribution in [0.25, 0.3) is 17.3 Å². The number of quaternary nitrogens is 1. The number of halogens is 6. The Hall–Kier alpha value is -4.63. The number of piperidine rings is 2. The number of nitrogens with zero attached hydrogens (tertiary/aromatic N) is 2. The Kier molecular flexibility index (Phi) is 10.3. The summed E-state index contributed by atoms with van der Waals surface area (Å²) in [6.45, 7) is 0.959. The lowest BCUT2D eigenvalue weighted by atomic mass is 9.80. The van der Waals surface area contributed by atoms with Gasteiger partial charge in [0, 0.05) is 55.1 Å². The van der Waals surface area contributed by atoms with Gasteiger partial charge in [0.25, 0.3) is 0 Å². The largest absolute Gasteiger partial charge is 0.465 e. The molecule has 15 heteroatoms. The van der Waals surface area contributed by atoms with Crippen LogP contribution in [-0.2, 0) is 11.0 Å². The molecule has 4 aromatic rings. The third-order valence-electron chi connectivity index (χ3n) is 9.90. The van der Waals surface area contributed by atoms with E-state index in [4.69, 9.17) is 22.4 Å². The van der Waals surface area contributed by atoms with E-state index < -0.39 is 52.0 Å². The molecule has 0 radical (unpaired) electrons. The van der Waals surface area contributed by atoms with Crippen LogP contribution in [0.15, 0.2) is 72.9 Å². The molecule has 6 rings (SSSR count). The molecule has 0 saturated carbocycles. The minimum atomic E-state index is -4.88. The van der Waals surface area contributed by atoms with E-state index in [9.17, 15) is 31.5 Å². The maximum Gasteiger partial charge on any atom is 0.417 e. The van der Waals surface area contributed by atoms with Crippen molar-refractivity contribution in [1.29, 1.82) is 0 Å². The fraction of sp³-hybridized carbons (Fsp3) is 0.306. The second-order valence-electron chi connectivity index (χ2n) is 12.9. The van der Waals surface area contributed by atoms with Crippen LogP contribution < -0.4 is 16.4 Å². The summed E-state index contributed by atoms with van der Waals surface area (Å²) in [5, 5.41) is 14.3. The van der Waals surface area contributed by atoms with Gasteiger partial charge in [0.15, 0.2) is 0 Å². The topological polar surface area (TPSA) is 133 Å². The molecule has 2 aliphatic heterocycles. The van der Waals surface area contributed by atoms with Crippen LogP contribution in [-0.4, -0.2) is 63.3 Å². The first kappa shape index (κ1) is 36.2. The summed E-state index contributed by atoms with van der Waals surface area (Å²) < 4.78 is 70.3. The summed E-state index contributed by atoms with van der Waals surface area (Å²) in [5.41, 5.74) is 6.80. The molecule has 3 heterocycles. The number of aromatic nitrogens is 2. The molecule has 268 valence electrons. The summed E-state index contributed by atoms with van der Waals surface area (Å²) in [7, 11) is 0. The van der Waals surface area contributed by atoms with Crippen molar-refractivity contribution in [3.05, 3.63) is 112 Å². The number of carboxylic acid groups (broad SMARTS) is 1. The minimum absolute atomic E-state index is 0.120. The highest BCUT2D eigenvalue weighted by atomic mass is 35.5. The van der Waals surface area contributed by atoms with Crippen molar-refractivity contribution in [2.75, 3.05) is 25.0 Å². The van der Waals surface area contributed by atoms with E-state index in [0.29, 0.717) is 62.2 Å². The standard InChI is InChI=1S/C36H34ClF5N6O3/c37-29-11-10-28(36(40,41)42)26(32(29)39)9-12-31(49)48(15-13-23(43)14-16-48)25-17-27(20-1-5-22(38)6-2-20)33(44-18-25)34-45-19-30(47-34)21-3-7-24(8-4-21)46-35(50)51/h1-12,19,23,25,27,33,44,46H,13-18,43H2,(H-,45,47,50,51)/p+1/b12-9+. The van der Waals surface area contributed by atoms with Gasteiger partial charge in [-0.3, -0.25) is 9.80 Å². The number of anilines is 1. The second-order valence-corrected chi connectivity index (χ2v) is 13.3. The second kappa shape index (κ2) is 14.5. The molecule has 6 N–H and O–H groups in total. The molecule has 3 aromatic carbocycles. The Bertz CT molecular complexity index is 1920. The highest BCUT2D eigenvalue weighted by molar-refractivity contribution is 6.30. The summed E-state index contributed by atoms with van der Waals surface area (Å²) in [6.07, 6.45) is -1.14. The first-order valence-electron chi connectivity index (χ1n) is 16.3. The average Bonchev–Trinajstić information content (AvgIpc) is 3.59. The van der Waals surface area contributed by atoms with Crippen molar-refractivity contribution in [3.8, 4) is 11.3 Å². The van der Waals surface area contributed by atoms with Crippen LogP contribution in [0.1, 0.15) is 53.7 Å². The number of amides is 2. The zero-order chi connectivity index (χ0) is 36.5. The van der Waals surface area contributed by atoms with Crippen LogP contribution >= 0.6 is 11.6 Å². The van der Waals surface area contributed by atoms with Gasteiger partial charge >= 0.3 is 18.2 Å². The number of hydrogen-bond acceptors (Lipinski definition) is 5. The highest BCUT2D eigenvalue weighted by Crippen LogP contribution is 2.42. The predicted molar refractivity (Wildman–Crippen MR) is 182 cm³/mol. The van der Waals surface area contributed by atoms with Gasteiger partial charge in [0.05, 0.1) is 41.6 Å². The molecule has 2 saturated heterocycles. The molecule has 3 atom stereocenters. The van der Waals surface area contributed by atoms with Crippen molar-refractivity contribution in [1.82, 2.24) is 15.3 Å². The number of aromatic amines is 1. The molecule has 3 unspecified atom stereocenters. The Morgan fingerprint density at radius 2 is 1.71 bits per heavy atom. The van der Waals surface area contributed by atoms with E-state index in [1.807, 2.05) is 0 Å². The van der Waals surface area contributed by atoms with E-state index in [0.717, 1.165) is 29.3 Å². The molecule has 2 amide bonds. The number of nitrogens with two attached hydrogens (primary N) is 1. The summed E-state index contributed by atoms with van der Waals surface area (Å²) in [5.74, 6) is -1.92. The van der Waals surface area contributed by atoms with Gasteiger partial charge in [0.1, 0.15) is 23.5 Å². The fourth-order valence-electron chi connectivity index (χ4n) is 7.21. The maximum atomic E-state index is 14.9. The van der Waals surface area contributed by atoms with Crippen molar-refractivity contribution >= 4 is 35.4 Å². The molecule has 51 heavy (non-hydrogen) atoms. The zero-order valence-electron chi connectivity index (χ0n) is 27.1. The normalized spacial score (nSPS) is 24.1. The third-order valence-corrected chi connectivity index (χ3v) is 10.2. The van der Waals surface area contributed by atoms with Crippen molar-refractivity contribution in [2.24, 2.45) is 5.73 Å². The van der Waals surface area contributed by atoms with Gasteiger partial charge in [-0.1, -0.05) is 35.9 Å². The number of likely N-dealkylation sites (tertiary alicyclic amines) is 1. The van der Waals surface area contributed by atoms with Gasteiger partial charge < -0.3 is 21.1 Å². The zero-order valence-corrected chi connectivity index (χ0v) is 27.8. The number of imidazole rings is 1. The lowest BCUT2D eigenvalue weighted by Crippen LogP contribution is -2.67. The number of benzene rings is 3. The monoisotopic (exact) mass is 729 g/mol. The molecule has 0 bridgehead atoms. The van der Waals surface area contributed by atoms with E-state index >= 15 is 0 Å². The molecule has 0 aliphatic carbocycles. The van der Waals surface area contributed by atoms with Gasteiger partial charge in [-0.25, -0.2) is 23.4 Å². The quantitative estimate of drug-likeness (QED) is 0.0761. The Balaban J connectivity index is 1.32. The number of nitrogens with one attached hydrogen (secondary N) is 3. The fourth-order valence-corrected chi connectivity index (χ4v) is 7.38. The molecular weight excluding hydrogens is 695 g/mol. The number of carbonyl (C=O) groups excluding carboxylic acids is 1. The minimum Gasteiger partial charge on any atom is -0.465 e. The van der Waals surface area contributed by atoms with Crippen LogP contribution in [0.2, 0.25) is 5.02 Å². The van der Waals surface area contributed by atoms with E-state index in [1.165, 1.54) is 12.1 Å². The molecule has 2 fully saturated rings. The predicted octanol–water partition coefficient (Wildman–Crippen LogP) is 7.48. The number of rotatable bonds is 7. The van der Waals surface area contributed by atoms with Gasteiger partial charge in [-0.2, -0.15) is 13.2 Å². The molecule has 2 aliphatic rings.